The van der Waals surface area contributed by atoms with E-state index in [0.29, 0.717) is 25.2 Å². The lowest BCUT2D eigenvalue weighted by Gasteiger charge is -2.13. The Bertz CT molecular complexity index is 1070. The molecule has 13 heteroatoms. The van der Waals surface area contributed by atoms with Gasteiger partial charge in [0.15, 0.2) is 28.9 Å². The van der Waals surface area contributed by atoms with Crippen LogP contribution in [0.3, 0.4) is 0 Å². The molecule has 11 nitrogen and oxygen atoms in total. The second-order valence-corrected chi connectivity index (χ2v) is 7.42. The quantitative estimate of drug-likeness (QED) is 0.417. The first-order valence-corrected chi connectivity index (χ1v) is 10.5. The zero-order chi connectivity index (χ0) is 25.4. The first-order chi connectivity index (χ1) is 16.9. The van der Waals surface area contributed by atoms with Gasteiger partial charge in [-0.2, -0.15) is 0 Å². The minimum Gasteiger partial charge on any atom is -0.494 e. The van der Waals surface area contributed by atoms with Gasteiger partial charge in [-0.15, -0.1) is 0 Å². The molecule has 0 saturated carbocycles. The minimum absolute atomic E-state index is 0.0957. The molecule has 0 spiro atoms. The number of methoxy groups -OCH3 is 2. The maximum absolute atomic E-state index is 14.4. The van der Waals surface area contributed by atoms with Crippen molar-refractivity contribution in [2.75, 3.05) is 39.2 Å². The zero-order valence-corrected chi connectivity index (χ0v) is 19.2. The fourth-order valence-corrected chi connectivity index (χ4v) is 3.21. The van der Waals surface area contributed by atoms with Crippen molar-refractivity contribution in [3.05, 3.63) is 47.6 Å². The Morgan fingerprint density at radius 3 is 2.49 bits per heavy atom. The summed E-state index contributed by atoms with van der Waals surface area (Å²) in [4.78, 5) is 25.8. The summed E-state index contributed by atoms with van der Waals surface area (Å²) in [5.41, 5.74) is 5.54. The van der Waals surface area contributed by atoms with Crippen LogP contribution < -0.4 is 25.3 Å². The Morgan fingerprint density at radius 1 is 1.29 bits per heavy atom. The van der Waals surface area contributed by atoms with Crippen molar-refractivity contribution in [1.29, 1.82) is 0 Å². The average molecular weight is 492 g/mol. The van der Waals surface area contributed by atoms with E-state index >= 15 is 0 Å². The fourth-order valence-electron chi connectivity index (χ4n) is 3.21. The van der Waals surface area contributed by atoms with Gasteiger partial charge in [0.1, 0.15) is 13.2 Å². The highest BCUT2D eigenvalue weighted by molar-refractivity contribution is 5.85. The summed E-state index contributed by atoms with van der Waals surface area (Å²) in [7, 11) is 2.51. The summed E-state index contributed by atoms with van der Waals surface area (Å²) < 4.78 is 44.1. The molecule has 0 radical (unpaired) electrons. The standard InChI is InChI=1S/C22H26F2N6O5/c1-33-17-5-18(34-2)21(24)16(20(17)23)12-35-15-8-27-22(28-9-15)29-13(6-25)7-26-10-19(32)30-4-3-14(31)11-30/h5-9,14,31H,3-4,10-12,25H2,1-2H3,(H,27,28,29)/t14-/m1/s1. The largest absolute Gasteiger partial charge is 0.494 e. The third kappa shape index (κ3) is 6.53. The number of nitrogens with one attached hydrogen (secondary N) is 1. The molecule has 0 bridgehead atoms. The van der Waals surface area contributed by atoms with Gasteiger partial charge >= 0.3 is 0 Å². The molecule has 1 saturated heterocycles. The highest BCUT2D eigenvalue weighted by atomic mass is 19.1. The summed E-state index contributed by atoms with van der Waals surface area (Å²) in [5.74, 6) is -2.06. The van der Waals surface area contributed by atoms with E-state index in [2.05, 4.69) is 20.3 Å². The number of hydrogen-bond acceptors (Lipinski definition) is 10. The fraction of sp³-hybridized carbons (Fsp3) is 0.364. The van der Waals surface area contributed by atoms with Gasteiger partial charge in [0.25, 0.3) is 0 Å². The lowest BCUT2D eigenvalue weighted by atomic mass is 10.1. The van der Waals surface area contributed by atoms with Gasteiger partial charge in [0.05, 0.1) is 44.0 Å². The first kappa shape index (κ1) is 25.6. The van der Waals surface area contributed by atoms with E-state index in [1.165, 1.54) is 39.0 Å². The Labute approximate surface area is 200 Å². The Hall–Kier alpha value is -4.00. The normalized spacial score (nSPS) is 16.0. The maximum atomic E-state index is 14.4. The zero-order valence-electron chi connectivity index (χ0n) is 19.2. The third-order valence-corrected chi connectivity index (χ3v) is 5.08. The molecule has 4 N–H and O–H groups in total. The van der Waals surface area contributed by atoms with Crippen LogP contribution in [-0.4, -0.2) is 72.1 Å². The van der Waals surface area contributed by atoms with Crippen molar-refractivity contribution in [2.45, 2.75) is 19.1 Å². The molecule has 1 aromatic carbocycles. The lowest BCUT2D eigenvalue weighted by Crippen LogP contribution is -2.31. The number of aliphatic hydroxyl groups is 1. The summed E-state index contributed by atoms with van der Waals surface area (Å²) in [5, 5.41) is 12.3. The van der Waals surface area contributed by atoms with Crippen LogP contribution in [0.15, 0.2) is 35.3 Å². The molecule has 1 aromatic heterocycles. The number of carbonyl (C=O) groups is 1. The number of aromatic nitrogens is 2. The van der Waals surface area contributed by atoms with Gasteiger partial charge in [0, 0.05) is 31.6 Å². The molecule has 1 aliphatic heterocycles. The van der Waals surface area contributed by atoms with Crippen LogP contribution in [0, 0.1) is 11.6 Å². The number of hydrogen-bond donors (Lipinski definition) is 3. The molecule has 2 heterocycles. The molecule has 2 aromatic rings. The molecule has 0 unspecified atom stereocenters. The number of allylic oxidation sites excluding steroid dienone is 1. The first-order valence-electron chi connectivity index (χ1n) is 10.5. The number of benzene rings is 1. The molecule has 1 aliphatic rings. The maximum Gasteiger partial charge on any atom is 0.244 e. The Balaban J connectivity index is 1.56. The number of aliphatic imine (C=N–C) groups is 1. The molecule has 188 valence electrons. The number of nitrogens with zero attached hydrogens (tertiary/aromatic N) is 4. The van der Waals surface area contributed by atoms with Crippen molar-refractivity contribution >= 4 is 18.1 Å². The predicted molar refractivity (Wildman–Crippen MR) is 122 cm³/mol. The number of amides is 1. The highest BCUT2D eigenvalue weighted by Gasteiger charge is 2.24. The van der Waals surface area contributed by atoms with Gasteiger partial charge in [-0.3, -0.25) is 9.79 Å². The molecule has 1 fully saturated rings. The number of nitrogens with two attached hydrogens (primary N) is 1. The van der Waals surface area contributed by atoms with Gasteiger partial charge in [-0.05, 0) is 6.42 Å². The molecule has 1 atom stereocenters. The van der Waals surface area contributed by atoms with Crippen molar-refractivity contribution in [3.8, 4) is 17.2 Å². The van der Waals surface area contributed by atoms with Gasteiger partial charge in [-0.1, -0.05) is 0 Å². The van der Waals surface area contributed by atoms with Crippen LogP contribution in [0.4, 0.5) is 14.7 Å². The van der Waals surface area contributed by atoms with Crippen molar-refractivity contribution in [3.63, 3.8) is 0 Å². The smallest absolute Gasteiger partial charge is 0.244 e. The van der Waals surface area contributed by atoms with E-state index in [1.807, 2.05) is 0 Å². The summed E-state index contributed by atoms with van der Waals surface area (Å²) in [6.45, 7) is 0.255. The Morgan fingerprint density at radius 2 is 1.94 bits per heavy atom. The average Bonchev–Trinajstić information content (AvgIpc) is 3.30. The van der Waals surface area contributed by atoms with Crippen LogP contribution in [0.5, 0.6) is 17.2 Å². The van der Waals surface area contributed by atoms with Crippen molar-refractivity contribution < 1.29 is 32.9 Å². The molecule has 35 heavy (non-hydrogen) atoms. The minimum atomic E-state index is -0.901. The van der Waals surface area contributed by atoms with Gasteiger partial charge in [-0.25, -0.2) is 18.7 Å². The number of rotatable bonds is 10. The SMILES string of the molecule is COc1cc(OC)c(F)c(COc2cnc(NC(C=NCC(=O)N3CC[C@@H](O)C3)=CN)nc2)c1F. The number of β-amino-alcohol motifs (C(OH)–C–C–N with tert-alkyl or cyclic N) is 1. The summed E-state index contributed by atoms with van der Waals surface area (Å²) in [6.07, 6.45) is 5.25. The van der Waals surface area contributed by atoms with E-state index in [9.17, 15) is 18.7 Å². The van der Waals surface area contributed by atoms with Crippen LogP contribution in [0.1, 0.15) is 12.0 Å². The number of ether oxygens (including phenoxy) is 3. The summed E-state index contributed by atoms with van der Waals surface area (Å²) >= 11 is 0. The van der Waals surface area contributed by atoms with Crippen LogP contribution in [0.25, 0.3) is 0 Å². The second-order valence-electron chi connectivity index (χ2n) is 7.42. The van der Waals surface area contributed by atoms with Gasteiger partial charge in [0.2, 0.25) is 11.9 Å². The number of halogens is 2. The van der Waals surface area contributed by atoms with Crippen molar-refractivity contribution in [1.82, 2.24) is 14.9 Å². The number of aliphatic hydroxyl groups excluding tert-OH is 1. The lowest BCUT2D eigenvalue weighted by molar-refractivity contribution is -0.128. The Kier molecular flexibility index (Phi) is 8.73. The molecule has 0 aliphatic carbocycles. The third-order valence-electron chi connectivity index (χ3n) is 5.08. The van der Waals surface area contributed by atoms with Crippen molar-refractivity contribution in [2.24, 2.45) is 10.7 Å². The van der Waals surface area contributed by atoms with E-state index in [4.69, 9.17) is 19.9 Å². The molecular weight excluding hydrogens is 466 g/mol. The molecular formula is C22H26F2N6O5. The van der Waals surface area contributed by atoms with Crippen LogP contribution in [-0.2, 0) is 11.4 Å². The molecule has 3 rings (SSSR count). The predicted octanol–water partition coefficient (Wildman–Crippen LogP) is 1.23. The van der Waals surface area contributed by atoms with E-state index in [0.717, 1.165) is 6.07 Å². The number of anilines is 1. The summed E-state index contributed by atoms with van der Waals surface area (Å²) in [6, 6.07) is 1.11. The number of carbonyl (C=O) groups excluding carboxylic acids is 1. The number of likely N-dealkylation sites (tertiary alicyclic amines) is 1. The van der Waals surface area contributed by atoms with E-state index in [-0.39, 0.29) is 41.2 Å². The molecule has 1 amide bonds. The van der Waals surface area contributed by atoms with E-state index in [1.54, 1.807) is 4.90 Å². The van der Waals surface area contributed by atoms with E-state index < -0.39 is 24.3 Å². The monoisotopic (exact) mass is 492 g/mol. The van der Waals surface area contributed by atoms with Crippen LogP contribution in [0.2, 0.25) is 0 Å². The highest BCUT2D eigenvalue weighted by Crippen LogP contribution is 2.31. The topological polar surface area (TPSA) is 144 Å². The second kappa shape index (κ2) is 11.9. The van der Waals surface area contributed by atoms with Crippen LogP contribution >= 0.6 is 0 Å². The van der Waals surface area contributed by atoms with Gasteiger partial charge < -0.3 is 35.3 Å².